The monoisotopic (exact) mass is 184 g/mol. The second kappa shape index (κ2) is 3.00. The SMILES string of the molecule is C1=CNC2NC3C=CC=CC3=CC2=C1. The summed E-state index contributed by atoms with van der Waals surface area (Å²) in [4.78, 5) is 0. The summed E-state index contributed by atoms with van der Waals surface area (Å²) in [5.74, 6) is 0. The van der Waals surface area contributed by atoms with Crippen LogP contribution in [0.25, 0.3) is 0 Å². The van der Waals surface area contributed by atoms with Crippen LogP contribution < -0.4 is 10.6 Å². The molecule has 2 aliphatic heterocycles. The summed E-state index contributed by atoms with van der Waals surface area (Å²) in [6, 6.07) is 0.362. The molecule has 70 valence electrons. The Kier molecular flexibility index (Phi) is 1.67. The number of hydrogen-bond donors (Lipinski definition) is 2. The van der Waals surface area contributed by atoms with Gasteiger partial charge in [-0.25, -0.2) is 0 Å². The minimum atomic E-state index is 0.268. The summed E-state index contributed by atoms with van der Waals surface area (Å²) in [5, 5.41) is 6.81. The molecule has 2 heteroatoms. The van der Waals surface area contributed by atoms with Gasteiger partial charge in [0.25, 0.3) is 0 Å². The van der Waals surface area contributed by atoms with E-state index < -0.39 is 0 Å². The average Bonchev–Trinajstić information content (AvgIpc) is 2.26. The van der Waals surface area contributed by atoms with Gasteiger partial charge in [0.15, 0.2) is 0 Å². The molecule has 0 aromatic heterocycles. The molecule has 0 amide bonds. The molecule has 1 aliphatic carbocycles. The van der Waals surface area contributed by atoms with Gasteiger partial charge in [-0.3, -0.25) is 5.32 Å². The molecule has 0 radical (unpaired) electrons. The van der Waals surface area contributed by atoms with Crippen LogP contribution in [0.4, 0.5) is 0 Å². The van der Waals surface area contributed by atoms with Crippen molar-refractivity contribution in [3.8, 4) is 0 Å². The number of dihydropyridines is 1. The second-order valence-electron chi connectivity index (χ2n) is 3.66. The van der Waals surface area contributed by atoms with Crippen LogP contribution in [0.3, 0.4) is 0 Å². The molecule has 2 N–H and O–H groups in total. The van der Waals surface area contributed by atoms with Gasteiger partial charge in [0.2, 0.25) is 0 Å². The van der Waals surface area contributed by atoms with Crippen molar-refractivity contribution in [2.24, 2.45) is 0 Å². The molecule has 0 fully saturated rings. The van der Waals surface area contributed by atoms with Crippen LogP contribution in [-0.2, 0) is 0 Å². The quantitative estimate of drug-likeness (QED) is 0.594. The molecule has 0 aromatic rings. The first-order valence-electron chi connectivity index (χ1n) is 4.89. The van der Waals surface area contributed by atoms with E-state index in [2.05, 4.69) is 47.1 Å². The number of hydrogen-bond acceptors (Lipinski definition) is 2. The molecule has 0 bridgehead atoms. The molecule has 3 aliphatic rings. The molecular formula is C12H12N2. The Morgan fingerprint density at radius 2 is 2.07 bits per heavy atom. The normalized spacial score (nSPS) is 32.6. The standard InChI is InChI=1S/C12H12N2/c1-2-6-11-9(4-1)8-10-5-3-7-13-12(10)14-11/h1-8,11-14H. The first-order valence-corrected chi connectivity index (χ1v) is 4.89. The zero-order chi connectivity index (χ0) is 9.38. The van der Waals surface area contributed by atoms with Crippen LogP contribution in [0, 0.1) is 0 Å². The van der Waals surface area contributed by atoms with Crippen molar-refractivity contribution in [3.63, 3.8) is 0 Å². The highest BCUT2D eigenvalue weighted by Gasteiger charge is 2.24. The van der Waals surface area contributed by atoms with E-state index in [1.54, 1.807) is 0 Å². The fourth-order valence-corrected chi connectivity index (χ4v) is 2.00. The van der Waals surface area contributed by atoms with Crippen molar-refractivity contribution in [3.05, 3.63) is 59.9 Å². The highest BCUT2D eigenvalue weighted by Crippen LogP contribution is 2.22. The van der Waals surface area contributed by atoms with Crippen molar-refractivity contribution in [1.82, 2.24) is 10.6 Å². The minimum Gasteiger partial charge on any atom is -0.372 e. The van der Waals surface area contributed by atoms with Crippen LogP contribution in [-0.4, -0.2) is 12.2 Å². The Labute approximate surface area is 83.4 Å². The highest BCUT2D eigenvalue weighted by molar-refractivity contribution is 5.47. The van der Waals surface area contributed by atoms with E-state index in [4.69, 9.17) is 0 Å². The van der Waals surface area contributed by atoms with Crippen molar-refractivity contribution in [2.75, 3.05) is 0 Å². The maximum absolute atomic E-state index is 3.52. The van der Waals surface area contributed by atoms with Gasteiger partial charge in [-0.2, -0.15) is 0 Å². The lowest BCUT2D eigenvalue weighted by Gasteiger charge is -2.33. The topological polar surface area (TPSA) is 24.1 Å². The number of fused-ring (bicyclic) bond motifs is 2. The first-order chi connectivity index (χ1) is 6.93. The van der Waals surface area contributed by atoms with Gasteiger partial charge in [-0.1, -0.05) is 36.5 Å². The fourth-order valence-electron chi connectivity index (χ4n) is 2.00. The minimum absolute atomic E-state index is 0.268. The first kappa shape index (κ1) is 7.83. The molecule has 2 unspecified atom stereocenters. The van der Waals surface area contributed by atoms with Crippen LogP contribution in [0.15, 0.2) is 59.9 Å². The zero-order valence-corrected chi connectivity index (χ0v) is 7.77. The number of rotatable bonds is 0. The van der Waals surface area contributed by atoms with Gasteiger partial charge in [0, 0.05) is 0 Å². The van der Waals surface area contributed by atoms with Crippen molar-refractivity contribution in [2.45, 2.75) is 12.2 Å². The Morgan fingerprint density at radius 1 is 1.07 bits per heavy atom. The Hall–Kier alpha value is -1.54. The maximum atomic E-state index is 3.52. The number of allylic oxidation sites excluding steroid dienone is 4. The van der Waals surface area contributed by atoms with Crippen LogP contribution >= 0.6 is 0 Å². The van der Waals surface area contributed by atoms with E-state index in [0.717, 1.165) is 0 Å². The molecule has 0 aromatic carbocycles. The van der Waals surface area contributed by atoms with E-state index in [0.29, 0.717) is 6.04 Å². The average molecular weight is 184 g/mol. The molecule has 0 saturated heterocycles. The summed E-state index contributed by atoms with van der Waals surface area (Å²) >= 11 is 0. The summed E-state index contributed by atoms with van der Waals surface area (Å²) < 4.78 is 0. The third-order valence-corrected chi connectivity index (χ3v) is 2.72. The van der Waals surface area contributed by atoms with Crippen molar-refractivity contribution < 1.29 is 0 Å². The van der Waals surface area contributed by atoms with Crippen molar-refractivity contribution >= 4 is 0 Å². The van der Waals surface area contributed by atoms with Crippen LogP contribution in [0.1, 0.15) is 0 Å². The van der Waals surface area contributed by atoms with E-state index >= 15 is 0 Å². The van der Waals surface area contributed by atoms with Gasteiger partial charge in [-0.15, -0.1) is 0 Å². The van der Waals surface area contributed by atoms with Crippen LogP contribution in [0.5, 0.6) is 0 Å². The van der Waals surface area contributed by atoms with Crippen LogP contribution in [0.2, 0.25) is 0 Å². The Balaban J connectivity index is 2.01. The maximum Gasteiger partial charge on any atom is 0.103 e. The third-order valence-electron chi connectivity index (χ3n) is 2.72. The summed E-state index contributed by atoms with van der Waals surface area (Å²) in [6.07, 6.45) is 17.2. The van der Waals surface area contributed by atoms with E-state index in [9.17, 15) is 0 Å². The molecule has 2 nitrogen and oxygen atoms in total. The lowest BCUT2D eigenvalue weighted by atomic mass is 9.93. The Morgan fingerprint density at radius 3 is 3.07 bits per heavy atom. The smallest absolute Gasteiger partial charge is 0.103 e. The number of nitrogens with one attached hydrogen (secondary N) is 2. The molecule has 0 spiro atoms. The predicted octanol–water partition coefficient (Wildman–Crippen LogP) is 1.38. The molecule has 2 atom stereocenters. The predicted molar refractivity (Wildman–Crippen MR) is 57.4 cm³/mol. The largest absolute Gasteiger partial charge is 0.372 e. The summed E-state index contributed by atoms with van der Waals surface area (Å²) in [7, 11) is 0. The lowest BCUT2D eigenvalue weighted by Crippen LogP contribution is -2.50. The van der Waals surface area contributed by atoms with Gasteiger partial charge in [-0.05, 0) is 23.4 Å². The van der Waals surface area contributed by atoms with Gasteiger partial charge in [0.05, 0.1) is 6.04 Å². The van der Waals surface area contributed by atoms with Gasteiger partial charge < -0.3 is 5.32 Å². The molecular weight excluding hydrogens is 172 g/mol. The van der Waals surface area contributed by atoms with E-state index in [1.165, 1.54) is 11.1 Å². The third kappa shape index (κ3) is 1.16. The van der Waals surface area contributed by atoms with Crippen molar-refractivity contribution in [1.29, 1.82) is 0 Å². The zero-order valence-electron chi connectivity index (χ0n) is 7.77. The summed E-state index contributed by atoms with van der Waals surface area (Å²) in [6.45, 7) is 0. The molecule has 0 saturated carbocycles. The van der Waals surface area contributed by atoms with E-state index in [-0.39, 0.29) is 6.17 Å². The molecule has 3 rings (SSSR count). The summed E-state index contributed by atoms with van der Waals surface area (Å²) in [5.41, 5.74) is 2.64. The fraction of sp³-hybridized carbons (Fsp3) is 0.167. The van der Waals surface area contributed by atoms with Gasteiger partial charge in [0.1, 0.15) is 6.17 Å². The lowest BCUT2D eigenvalue weighted by molar-refractivity contribution is 0.499. The second-order valence-corrected chi connectivity index (χ2v) is 3.66. The Bertz CT molecular complexity index is 397. The van der Waals surface area contributed by atoms with E-state index in [1.807, 2.05) is 12.3 Å². The highest BCUT2D eigenvalue weighted by atomic mass is 15.1. The van der Waals surface area contributed by atoms with Gasteiger partial charge >= 0.3 is 0 Å². The molecule has 14 heavy (non-hydrogen) atoms. The molecule has 2 heterocycles.